The first kappa shape index (κ1) is 16.7. The first-order valence-electron chi connectivity index (χ1n) is 6.36. The number of carbonyl (C=O) groups excluding carboxylic acids is 2. The van der Waals surface area contributed by atoms with Crippen molar-refractivity contribution in [2.24, 2.45) is 0 Å². The highest BCUT2D eigenvalue weighted by Crippen LogP contribution is 2.22. The number of nitrogens with one attached hydrogen (secondary N) is 1. The zero-order chi connectivity index (χ0) is 15.6. The molecular weight excluding hydrogens is 277 g/mol. The molecule has 20 heavy (non-hydrogen) atoms. The fraction of sp³-hybridized carbons (Fsp3) is 0.833. The van der Waals surface area contributed by atoms with Gasteiger partial charge in [0, 0.05) is 6.54 Å². The number of amides is 2. The van der Waals surface area contributed by atoms with Crippen LogP contribution in [0.15, 0.2) is 0 Å². The van der Waals surface area contributed by atoms with E-state index in [0.29, 0.717) is 6.42 Å². The Balaban J connectivity index is 2.64. The summed E-state index contributed by atoms with van der Waals surface area (Å²) in [7, 11) is 0. The predicted octanol–water partition coefficient (Wildman–Crippen LogP) is 1.08. The number of carbonyl (C=O) groups is 2. The van der Waals surface area contributed by atoms with Crippen molar-refractivity contribution in [2.45, 2.75) is 44.9 Å². The highest BCUT2D eigenvalue weighted by atomic mass is 19.4. The molecule has 1 aliphatic heterocycles. The molecule has 0 radical (unpaired) electrons. The maximum absolute atomic E-state index is 12.1. The van der Waals surface area contributed by atoms with Crippen LogP contribution >= 0.6 is 0 Å². The molecule has 1 aliphatic rings. The fourth-order valence-corrected chi connectivity index (χ4v) is 1.99. The standard InChI is InChI=1S/C12H19F3N2O3/c1-4-8-9(18)17(11(2,3)10(19)16-8)5-6-20-7-12(13,14)15/h8H,4-7H2,1-3H3,(H,16,19). The Morgan fingerprint density at radius 1 is 1.35 bits per heavy atom. The quantitative estimate of drug-likeness (QED) is 0.772. The summed E-state index contributed by atoms with van der Waals surface area (Å²) in [5, 5.41) is 2.60. The molecule has 1 heterocycles. The lowest BCUT2D eigenvalue weighted by atomic mass is 9.95. The van der Waals surface area contributed by atoms with Crippen LogP contribution in [0.25, 0.3) is 0 Å². The molecule has 0 bridgehead atoms. The zero-order valence-electron chi connectivity index (χ0n) is 11.7. The van der Waals surface area contributed by atoms with Gasteiger partial charge in [-0.15, -0.1) is 0 Å². The SMILES string of the molecule is CCC1NC(=O)C(C)(C)N(CCOCC(F)(F)F)C1=O. The Bertz CT molecular complexity index is 383. The Kier molecular flexibility index (Phi) is 5.01. The Hall–Kier alpha value is -1.31. The maximum Gasteiger partial charge on any atom is 0.411 e. The molecular formula is C12H19F3N2O3. The van der Waals surface area contributed by atoms with E-state index >= 15 is 0 Å². The lowest BCUT2D eigenvalue weighted by molar-refractivity contribution is -0.177. The molecule has 5 nitrogen and oxygen atoms in total. The second kappa shape index (κ2) is 5.99. The van der Waals surface area contributed by atoms with E-state index in [1.165, 1.54) is 4.90 Å². The van der Waals surface area contributed by atoms with Crippen molar-refractivity contribution in [2.75, 3.05) is 19.8 Å². The van der Waals surface area contributed by atoms with Gasteiger partial charge in [-0.05, 0) is 20.3 Å². The van der Waals surface area contributed by atoms with Crippen LogP contribution in [0.5, 0.6) is 0 Å². The fourth-order valence-electron chi connectivity index (χ4n) is 1.99. The summed E-state index contributed by atoms with van der Waals surface area (Å²) in [6, 6.07) is -0.627. The number of alkyl halides is 3. The van der Waals surface area contributed by atoms with Gasteiger partial charge in [0.25, 0.3) is 0 Å². The van der Waals surface area contributed by atoms with Gasteiger partial charge in [-0.25, -0.2) is 0 Å². The number of hydrogen-bond acceptors (Lipinski definition) is 3. The number of rotatable bonds is 5. The van der Waals surface area contributed by atoms with Gasteiger partial charge < -0.3 is 15.0 Å². The van der Waals surface area contributed by atoms with Crippen LogP contribution in [0.3, 0.4) is 0 Å². The van der Waals surface area contributed by atoms with Crippen molar-refractivity contribution in [3.05, 3.63) is 0 Å². The molecule has 1 atom stereocenters. The monoisotopic (exact) mass is 296 g/mol. The van der Waals surface area contributed by atoms with Gasteiger partial charge in [-0.2, -0.15) is 13.2 Å². The minimum atomic E-state index is -4.40. The van der Waals surface area contributed by atoms with Crippen LogP contribution in [0.1, 0.15) is 27.2 Å². The molecule has 2 amide bonds. The van der Waals surface area contributed by atoms with Crippen molar-refractivity contribution in [3.63, 3.8) is 0 Å². The average Bonchev–Trinajstić information content (AvgIpc) is 2.31. The molecule has 116 valence electrons. The second-order valence-electron chi connectivity index (χ2n) is 5.15. The van der Waals surface area contributed by atoms with Gasteiger partial charge in [0.15, 0.2) is 0 Å². The highest BCUT2D eigenvalue weighted by Gasteiger charge is 2.45. The lowest BCUT2D eigenvalue weighted by Gasteiger charge is -2.44. The topological polar surface area (TPSA) is 58.6 Å². The lowest BCUT2D eigenvalue weighted by Crippen LogP contribution is -2.68. The third-order valence-corrected chi connectivity index (χ3v) is 3.23. The van der Waals surface area contributed by atoms with Crippen LogP contribution in [0.2, 0.25) is 0 Å². The summed E-state index contributed by atoms with van der Waals surface area (Å²) >= 11 is 0. The van der Waals surface area contributed by atoms with E-state index in [0.717, 1.165) is 0 Å². The molecule has 1 N–H and O–H groups in total. The van der Waals surface area contributed by atoms with Crippen molar-refractivity contribution in [3.8, 4) is 0 Å². The van der Waals surface area contributed by atoms with Crippen molar-refractivity contribution in [1.82, 2.24) is 10.2 Å². The normalized spacial score (nSPS) is 22.9. The van der Waals surface area contributed by atoms with Crippen molar-refractivity contribution < 1.29 is 27.5 Å². The van der Waals surface area contributed by atoms with Gasteiger partial charge in [0.1, 0.15) is 18.2 Å². The van der Waals surface area contributed by atoms with E-state index in [2.05, 4.69) is 10.1 Å². The molecule has 1 saturated heterocycles. The molecule has 0 aliphatic carbocycles. The summed E-state index contributed by atoms with van der Waals surface area (Å²) in [5.41, 5.74) is -1.09. The van der Waals surface area contributed by atoms with Gasteiger partial charge in [-0.1, -0.05) is 6.92 Å². The molecule has 1 fully saturated rings. The van der Waals surface area contributed by atoms with Gasteiger partial charge >= 0.3 is 6.18 Å². The van der Waals surface area contributed by atoms with Crippen LogP contribution < -0.4 is 5.32 Å². The van der Waals surface area contributed by atoms with Crippen LogP contribution in [0.4, 0.5) is 13.2 Å². The number of hydrogen-bond donors (Lipinski definition) is 1. The van der Waals surface area contributed by atoms with E-state index in [-0.39, 0.29) is 25.0 Å². The number of piperazine rings is 1. The van der Waals surface area contributed by atoms with Crippen LogP contribution in [0, 0.1) is 0 Å². The van der Waals surface area contributed by atoms with Crippen LogP contribution in [-0.4, -0.2) is 54.2 Å². The van der Waals surface area contributed by atoms with E-state index in [1.54, 1.807) is 20.8 Å². The molecule has 0 aromatic rings. The van der Waals surface area contributed by atoms with Crippen molar-refractivity contribution in [1.29, 1.82) is 0 Å². The summed E-state index contributed by atoms with van der Waals surface area (Å²) in [5.74, 6) is -0.618. The maximum atomic E-state index is 12.1. The molecule has 0 aromatic carbocycles. The average molecular weight is 296 g/mol. The van der Waals surface area contributed by atoms with E-state index in [1.807, 2.05) is 0 Å². The molecule has 0 spiro atoms. The highest BCUT2D eigenvalue weighted by molar-refractivity contribution is 5.99. The molecule has 1 rings (SSSR count). The smallest absolute Gasteiger partial charge is 0.370 e. The third-order valence-electron chi connectivity index (χ3n) is 3.23. The first-order valence-corrected chi connectivity index (χ1v) is 6.36. The minimum Gasteiger partial charge on any atom is -0.370 e. The van der Waals surface area contributed by atoms with E-state index in [9.17, 15) is 22.8 Å². The first-order chi connectivity index (χ1) is 9.09. The van der Waals surface area contributed by atoms with Gasteiger partial charge in [0.2, 0.25) is 11.8 Å². The summed E-state index contributed by atoms with van der Waals surface area (Å²) < 4.78 is 40.4. The van der Waals surface area contributed by atoms with Gasteiger partial charge in [-0.3, -0.25) is 9.59 Å². The van der Waals surface area contributed by atoms with Crippen LogP contribution in [-0.2, 0) is 14.3 Å². The summed E-state index contributed by atoms with van der Waals surface area (Å²) in [6.45, 7) is 3.17. The third kappa shape index (κ3) is 3.84. The number of ether oxygens (including phenoxy) is 1. The molecule has 1 unspecified atom stereocenters. The Labute approximate surface area is 115 Å². The molecule has 8 heteroatoms. The zero-order valence-corrected chi connectivity index (χ0v) is 11.7. The predicted molar refractivity (Wildman–Crippen MR) is 64.9 cm³/mol. The van der Waals surface area contributed by atoms with E-state index in [4.69, 9.17) is 0 Å². The summed E-state index contributed by atoms with van der Waals surface area (Å²) in [4.78, 5) is 25.3. The Morgan fingerprint density at radius 2 is 1.95 bits per heavy atom. The largest absolute Gasteiger partial charge is 0.411 e. The molecule has 0 saturated carbocycles. The van der Waals surface area contributed by atoms with Crippen molar-refractivity contribution >= 4 is 11.8 Å². The molecule has 0 aromatic heterocycles. The second-order valence-corrected chi connectivity index (χ2v) is 5.15. The minimum absolute atomic E-state index is 0.0498. The number of nitrogens with zero attached hydrogens (tertiary/aromatic N) is 1. The number of halogens is 3. The van der Waals surface area contributed by atoms with Gasteiger partial charge in [0.05, 0.1) is 6.61 Å². The van der Waals surface area contributed by atoms with E-state index < -0.39 is 24.4 Å². The summed E-state index contributed by atoms with van der Waals surface area (Å²) in [6.07, 6.45) is -3.97. The Morgan fingerprint density at radius 3 is 2.45 bits per heavy atom.